The largest absolute Gasteiger partial charge is 0.376 e. The third kappa shape index (κ3) is 3.67. The van der Waals surface area contributed by atoms with Gasteiger partial charge in [-0.05, 0) is 24.5 Å². The number of nitrogens with zero attached hydrogens (tertiary/aromatic N) is 1. The molecule has 2 aliphatic rings. The van der Waals surface area contributed by atoms with E-state index in [0.717, 1.165) is 37.2 Å². The Kier molecular flexibility index (Phi) is 5.05. The zero-order valence-electron chi connectivity index (χ0n) is 15.2. The first-order valence-corrected chi connectivity index (χ1v) is 9.46. The highest BCUT2D eigenvalue weighted by Gasteiger charge is 2.37. The molecule has 136 valence electrons. The lowest BCUT2D eigenvalue weighted by atomic mass is 9.90. The summed E-state index contributed by atoms with van der Waals surface area (Å²) >= 11 is 0. The van der Waals surface area contributed by atoms with Gasteiger partial charge in [-0.2, -0.15) is 0 Å². The number of hydrogen-bond donors (Lipinski definition) is 1. The molecule has 0 spiro atoms. The molecule has 1 amide bonds. The Morgan fingerprint density at radius 1 is 1.04 bits per heavy atom. The summed E-state index contributed by atoms with van der Waals surface area (Å²) in [5.74, 6) is -0.189. The fourth-order valence-corrected chi connectivity index (χ4v) is 4.21. The average Bonchev–Trinajstić information content (AvgIpc) is 3.05. The smallest absolute Gasteiger partial charge is 0.232 e. The van der Waals surface area contributed by atoms with E-state index in [9.17, 15) is 4.79 Å². The lowest BCUT2D eigenvalue weighted by Gasteiger charge is -2.33. The van der Waals surface area contributed by atoms with Gasteiger partial charge < -0.3 is 10.1 Å². The van der Waals surface area contributed by atoms with E-state index in [1.165, 1.54) is 0 Å². The standard InChI is InChI=1S/C22H26N2O2/c1-16-13-24-14-19(12-20(24)15-26-16)23-22(25)21(17-8-4-2-5-9-17)18-10-6-3-7-11-18/h2-11,16,19-21H,12-15H2,1H3,(H,23,25)/t16-,19-,20-/m0/s1. The Hall–Kier alpha value is -2.17. The number of benzene rings is 2. The summed E-state index contributed by atoms with van der Waals surface area (Å²) in [6.45, 7) is 4.76. The molecule has 2 fully saturated rings. The third-order valence-corrected chi connectivity index (χ3v) is 5.47. The van der Waals surface area contributed by atoms with Gasteiger partial charge >= 0.3 is 0 Å². The van der Waals surface area contributed by atoms with Gasteiger partial charge in [0.25, 0.3) is 0 Å². The first kappa shape index (κ1) is 17.3. The van der Waals surface area contributed by atoms with Crippen molar-refractivity contribution in [1.82, 2.24) is 10.2 Å². The molecule has 1 N–H and O–H groups in total. The summed E-state index contributed by atoms with van der Waals surface area (Å²) in [4.78, 5) is 15.7. The quantitative estimate of drug-likeness (QED) is 0.922. The molecule has 2 aliphatic heterocycles. The molecule has 2 saturated heterocycles. The Labute approximate surface area is 155 Å². The molecule has 2 aromatic rings. The van der Waals surface area contributed by atoms with E-state index in [1.807, 2.05) is 60.7 Å². The van der Waals surface area contributed by atoms with Crippen molar-refractivity contribution in [3.05, 3.63) is 71.8 Å². The summed E-state index contributed by atoms with van der Waals surface area (Å²) in [5, 5.41) is 3.31. The SMILES string of the molecule is C[C@H]1CN2C[C@@H](NC(=O)C(c3ccccc3)c3ccccc3)C[C@H]2CO1. The highest BCUT2D eigenvalue weighted by molar-refractivity contribution is 5.87. The highest BCUT2D eigenvalue weighted by atomic mass is 16.5. The highest BCUT2D eigenvalue weighted by Crippen LogP contribution is 2.27. The van der Waals surface area contributed by atoms with E-state index in [4.69, 9.17) is 4.74 Å². The van der Waals surface area contributed by atoms with Gasteiger partial charge in [0, 0.05) is 25.2 Å². The van der Waals surface area contributed by atoms with Gasteiger partial charge in [0.05, 0.1) is 18.6 Å². The first-order valence-electron chi connectivity index (χ1n) is 9.46. The molecule has 0 unspecified atom stereocenters. The molecule has 4 rings (SSSR count). The van der Waals surface area contributed by atoms with Gasteiger partial charge in [0.15, 0.2) is 0 Å². The molecule has 2 heterocycles. The zero-order chi connectivity index (χ0) is 17.9. The van der Waals surface area contributed by atoms with Crippen molar-refractivity contribution in [2.24, 2.45) is 0 Å². The molecule has 4 nitrogen and oxygen atoms in total. The minimum Gasteiger partial charge on any atom is -0.376 e. The van der Waals surface area contributed by atoms with Crippen molar-refractivity contribution in [1.29, 1.82) is 0 Å². The van der Waals surface area contributed by atoms with Crippen molar-refractivity contribution in [2.45, 2.75) is 37.5 Å². The zero-order valence-corrected chi connectivity index (χ0v) is 15.2. The van der Waals surface area contributed by atoms with Crippen molar-refractivity contribution in [3.8, 4) is 0 Å². The van der Waals surface area contributed by atoms with E-state index in [-0.39, 0.29) is 24.0 Å². The molecule has 4 heteroatoms. The van der Waals surface area contributed by atoms with E-state index in [2.05, 4.69) is 17.1 Å². The predicted molar refractivity (Wildman–Crippen MR) is 102 cm³/mol. The molecule has 0 radical (unpaired) electrons. The Balaban J connectivity index is 1.51. The molecular weight excluding hydrogens is 324 g/mol. The van der Waals surface area contributed by atoms with E-state index in [1.54, 1.807) is 0 Å². The van der Waals surface area contributed by atoms with Crippen molar-refractivity contribution in [2.75, 3.05) is 19.7 Å². The summed E-state index contributed by atoms with van der Waals surface area (Å²) in [6.07, 6.45) is 1.25. The second-order valence-electron chi connectivity index (χ2n) is 7.45. The summed E-state index contributed by atoms with van der Waals surface area (Å²) in [6, 6.07) is 20.7. The number of amides is 1. The maximum Gasteiger partial charge on any atom is 0.232 e. The second kappa shape index (κ2) is 7.60. The fraction of sp³-hybridized carbons (Fsp3) is 0.409. The second-order valence-corrected chi connectivity index (χ2v) is 7.45. The fourth-order valence-electron chi connectivity index (χ4n) is 4.21. The topological polar surface area (TPSA) is 41.6 Å². The number of rotatable bonds is 4. The molecule has 0 aromatic heterocycles. The van der Waals surface area contributed by atoms with Gasteiger partial charge in [-0.15, -0.1) is 0 Å². The Morgan fingerprint density at radius 3 is 2.27 bits per heavy atom. The van der Waals surface area contributed by atoms with Crippen LogP contribution in [-0.2, 0) is 9.53 Å². The molecule has 0 aliphatic carbocycles. The Morgan fingerprint density at radius 2 is 1.65 bits per heavy atom. The van der Waals surface area contributed by atoms with Crippen LogP contribution in [0.1, 0.15) is 30.4 Å². The van der Waals surface area contributed by atoms with Gasteiger partial charge in [-0.3, -0.25) is 9.69 Å². The lowest BCUT2D eigenvalue weighted by Crippen LogP contribution is -2.45. The van der Waals surface area contributed by atoms with Gasteiger partial charge in [0.1, 0.15) is 0 Å². The minimum atomic E-state index is -0.273. The molecule has 2 aromatic carbocycles. The van der Waals surface area contributed by atoms with E-state index >= 15 is 0 Å². The summed E-state index contributed by atoms with van der Waals surface area (Å²) in [5.41, 5.74) is 2.06. The first-order chi connectivity index (χ1) is 12.7. The predicted octanol–water partition coefficient (Wildman–Crippen LogP) is 2.80. The van der Waals surface area contributed by atoms with Crippen LogP contribution in [0.3, 0.4) is 0 Å². The number of hydrogen-bond acceptors (Lipinski definition) is 3. The number of nitrogens with one attached hydrogen (secondary N) is 1. The molecule has 0 bridgehead atoms. The summed E-state index contributed by atoms with van der Waals surface area (Å²) < 4.78 is 5.78. The van der Waals surface area contributed by atoms with Crippen LogP contribution in [0.2, 0.25) is 0 Å². The lowest BCUT2D eigenvalue weighted by molar-refractivity contribution is -0.122. The van der Waals surface area contributed by atoms with Gasteiger partial charge in [-0.1, -0.05) is 60.7 Å². The van der Waals surface area contributed by atoms with E-state index < -0.39 is 0 Å². The van der Waals surface area contributed by atoms with Crippen LogP contribution in [0.5, 0.6) is 0 Å². The third-order valence-electron chi connectivity index (χ3n) is 5.47. The maximum absolute atomic E-state index is 13.2. The molecule has 0 saturated carbocycles. The number of fused-ring (bicyclic) bond motifs is 1. The van der Waals surface area contributed by atoms with Crippen LogP contribution in [-0.4, -0.2) is 48.7 Å². The average molecular weight is 350 g/mol. The normalized spacial score (nSPS) is 25.8. The summed E-state index contributed by atoms with van der Waals surface area (Å²) in [7, 11) is 0. The van der Waals surface area contributed by atoms with Crippen LogP contribution in [0.25, 0.3) is 0 Å². The number of morpholine rings is 1. The molecule has 3 atom stereocenters. The van der Waals surface area contributed by atoms with Gasteiger partial charge in [-0.25, -0.2) is 0 Å². The van der Waals surface area contributed by atoms with Crippen molar-refractivity contribution < 1.29 is 9.53 Å². The minimum absolute atomic E-state index is 0.0845. The number of ether oxygens (including phenoxy) is 1. The van der Waals surface area contributed by atoms with Gasteiger partial charge in [0.2, 0.25) is 5.91 Å². The maximum atomic E-state index is 13.2. The number of carbonyl (C=O) groups is 1. The Bertz CT molecular complexity index is 695. The molecular formula is C22H26N2O2. The van der Waals surface area contributed by atoms with Crippen molar-refractivity contribution >= 4 is 5.91 Å². The molecule has 26 heavy (non-hydrogen) atoms. The van der Waals surface area contributed by atoms with Crippen LogP contribution in [0, 0.1) is 0 Å². The number of carbonyl (C=O) groups excluding carboxylic acids is 1. The van der Waals surface area contributed by atoms with Crippen LogP contribution >= 0.6 is 0 Å². The monoisotopic (exact) mass is 350 g/mol. The van der Waals surface area contributed by atoms with Crippen LogP contribution in [0.4, 0.5) is 0 Å². The van der Waals surface area contributed by atoms with Crippen LogP contribution in [0.15, 0.2) is 60.7 Å². The van der Waals surface area contributed by atoms with Crippen molar-refractivity contribution in [3.63, 3.8) is 0 Å². The van der Waals surface area contributed by atoms with Crippen LogP contribution < -0.4 is 5.32 Å². The van der Waals surface area contributed by atoms with E-state index in [0.29, 0.717) is 6.04 Å².